The van der Waals surface area contributed by atoms with Crippen LogP contribution in [0.15, 0.2) is 0 Å². The van der Waals surface area contributed by atoms with Gasteiger partial charge in [0.15, 0.2) is 0 Å². The van der Waals surface area contributed by atoms with Gasteiger partial charge in [-0.3, -0.25) is 95.9 Å². The lowest BCUT2D eigenvalue weighted by Crippen LogP contribution is -2.67. The molecule has 0 aliphatic carbocycles. The molecule has 0 aromatic carbocycles. The minimum absolute atomic E-state index is 0.0239. The third kappa shape index (κ3) is 35.2. The first kappa shape index (κ1) is 111. The SMILES string of the molecule is CCC(C)(NC(=O)C(CCC(N)=O)NC(=O)C(C)(CC)NC(=O)C(C)(C)NC(=O)C(C)NC(=O)C(CO)NC(=O)C(C)(C)NC(C)=O)C(=O)NC(CC(C)C)C(=O)NC(C)(C)C(=O)NCC(=O)NC(CC(C)C)C(=O)NC(C)(C)C(=O)N1CCCC1C(=O)NC(CC(C)C)C(=O)NC(C)(C)C(=O)NC(C)(C)C(=O)NC(CCC(N)=O)C(=O)NC(CO)C(C)C. The van der Waals surface area contributed by atoms with Gasteiger partial charge in [0.2, 0.25) is 118 Å². The van der Waals surface area contributed by atoms with Crippen LogP contribution in [0.4, 0.5) is 0 Å². The van der Waals surface area contributed by atoms with E-state index in [2.05, 4.69) is 90.4 Å². The van der Waals surface area contributed by atoms with Crippen LogP contribution in [0.2, 0.25) is 0 Å². The summed E-state index contributed by atoms with van der Waals surface area (Å²) in [4.78, 5) is 274. The molecule has 0 aromatic rings. The summed E-state index contributed by atoms with van der Waals surface area (Å²) >= 11 is 0. The molecular formula is C82H144N20O22. The van der Waals surface area contributed by atoms with E-state index in [1.807, 2.05) is 0 Å². The third-order valence-electron chi connectivity index (χ3n) is 21.0. The van der Waals surface area contributed by atoms with E-state index in [-0.39, 0.29) is 81.6 Å². The minimum atomic E-state index is -1.86. The molecule has 1 aliphatic heterocycles. The number of hydrogen-bond acceptors (Lipinski definition) is 22. The number of carbonyl (C=O) groups excluding carboxylic acids is 20. The molecule has 1 saturated heterocycles. The van der Waals surface area contributed by atoms with E-state index >= 15 is 0 Å². The average molecular weight is 1760 g/mol. The van der Waals surface area contributed by atoms with Gasteiger partial charge in [0.05, 0.1) is 25.8 Å². The Morgan fingerprint density at radius 1 is 0.379 bits per heavy atom. The van der Waals surface area contributed by atoms with Crippen molar-refractivity contribution in [3.05, 3.63) is 0 Å². The van der Waals surface area contributed by atoms with Gasteiger partial charge in [0, 0.05) is 26.3 Å². The summed E-state index contributed by atoms with van der Waals surface area (Å²) in [7, 11) is 0. The topological polar surface area (TPSA) is 642 Å². The summed E-state index contributed by atoms with van der Waals surface area (Å²) in [6, 6.07) is -11.6. The van der Waals surface area contributed by atoms with Gasteiger partial charge in [-0.1, -0.05) is 69.2 Å². The van der Waals surface area contributed by atoms with Gasteiger partial charge in [-0.25, -0.2) is 0 Å². The van der Waals surface area contributed by atoms with Crippen molar-refractivity contribution >= 4 is 118 Å². The molecule has 704 valence electrons. The molecule has 1 fully saturated rings. The van der Waals surface area contributed by atoms with Crippen LogP contribution in [0.5, 0.6) is 0 Å². The Bertz CT molecular complexity index is 3880. The molecule has 1 heterocycles. The van der Waals surface area contributed by atoms with E-state index in [1.165, 1.54) is 130 Å². The number of likely N-dealkylation sites (tertiary alicyclic amines) is 1. The van der Waals surface area contributed by atoms with Gasteiger partial charge < -0.3 is 117 Å². The quantitative estimate of drug-likeness (QED) is 0.0278. The van der Waals surface area contributed by atoms with E-state index < -0.39 is 249 Å². The van der Waals surface area contributed by atoms with Crippen molar-refractivity contribution in [2.24, 2.45) is 35.1 Å². The van der Waals surface area contributed by atoms with Crippen LogP contribution in [0.3, 0.4) is 0 Å². The second kappa shape index (κ2) is 47.4. The Morgan fingerprint density at radius 2 is 0.742 bits per heavy atom. The van der Waals surface area contributed by atoms with Crippen LogP contribution in [0, 0.1) is 23.7 Å². The zero-order chi connectivity index (χ0) is 96.3. The van der Waals surface area contributed by atoms with Gasteiger partial charge in [-0.2, -0.15) is 0 Å². The molecule has 0 spiro atoms. The Morgan fingerprint density at radius 3 is 1.17 bits per heavy atom. The molecule has 20 amide bonds. The first-order valence-electron chi connectivity index (χ1n) is 42.0. The molecular weight excluding hydrogens is 1620 g/mol. The number of rotatable bonds is 51. The zero-order valence-electron chi connectivity index (χ0n) is 77.3. The predicted octanol–water partition coefficient (Wildman–Crippen LogP) is -3.74. The largest absolute Gasteiger partial charge is 0.394 e. The fourth-order valence-corrected chi connectivity index (χ4v) is 12.5. The maximum Gasteiger partial charge on any atom is 0.248 e. The average Bonchev–Trinajstić information content (AvgIpc) is 0.978. The molecule has 11 unspecified atom stereocenters. The van der Waals surface area contributed by atoms with E-state index in [0.29, 0.717) is 6.42 Å². The van der Waals surface area contributed by atoms with E-state index in [9.17, 15) is 106 Å². The Balaban J connectivity index is 3.30. The highest BCUT2D eigenvalue weighted by Gasteiger charge is 2.48. The Labute approximate surface area is 727 Å². The third-order valence-corrected chi connectivity index (χ3v) is 21.0. The molecule has 0 aromatic heterocycles. The molecule has 42 nitrogen and oxygen atoms in total. The number of aliphatic hydroxyl groups excluding tert-OH is 2. The van der Waals surface area contributed by atoms with E-state index in [0.717, 1.165) is 0 Å². The number of nitrogens with zero attached hydrogens (tertiary/aromatic N) is 1. The maximum atomic E-state index is 14.6. The fourth-order valence-electron chi connectivity index (χ4n) is 12.5. The van der Waals surface area contributed by atoms with Crippen molar-refractivity contribution in [2.75, 3.05) is 26.3 Å². The first-order chi connectivity index (χ1) is 56.6. The molecule has 0 saturated carbocycles. The Kier molecular flexibility index (Phi) is 42.6. The predicted molar refractivity (Wildman–Crippen MR) is 456 cm³/mol. The lowest BCUT2D eigenvalue weighted by Gasteiger charge is -2.36. The minimum Gasteiger partial charge on any atom is -0.394 e. The van der Waals surface area contributed by atoms with E-state index in [4.69, 9.17) is 11.5 Å². The molecule has 42 heteroatoms. The standard InChI is InChI=1S/C82H144N20O22/c1-27-81(25,99-62(112)49(32-34-57(84)107)91-73(123)82(26,28-2)101-71(121)79(21,22)95-59(109)46(11)86-61(111)54(41-104)93-68(118)76(15,16)94-47(12)105)72(122)92-52(38-44(7)8)65(115)96-75(13,14)67(117)85-39-58(108)87-50(36-42(3)4)63(113)98-80(23,24)74(124)102-35-29-30-55(102)66(116)88-51(37-43(5)6)64(114)97-78(19,20)70(120)100-77(17,18)69(119)90-48(31-33-56(83)106)60(110)89-53(40-103)45(9)10/h42-46,48-55,103-104H,27-41H2,1-26H3,(H2,83,106)(H2,84,107)(H,85,117)(H,86,111)(H,87,108)(H,88,116)(H,89,110)(H,90,119)(H,91,123)(H,92,122)(H,93,118)(H,94,105)(H,95,109)(H,96,115)(H,97,114)(H,98,113)(H,99,112)(H,100,120)(H,101,121). The van der Waals surface area contributed by atoms with Crippen LogP contribution in [0.1, 0.15) is 251 Å². The van der Waals surface area contributed by atoms with Gasteiger partial charge in [0.1, 0.15) is 92.6 Å². The molecule has 1 aliphatic rings. The number of nitrogens with one attached hydrogen (secondary N) is 17. The maximum absolute atomic E-state index is 14.6. The highest BCUT2D eigenvalue weighted by Crippen LogP contribution is 2.25. The fraction of sp³-hybridized carbons (Fsp3) is 0.756. The summed E-state index contributed by atoms with van der Waals surface area (Å²) in [6.45, 7) is 36.4. The van der Waals surface area contributed by atoms with Crippen LogP contribution in [-0.4, -0.2) is 258 Å². The van der Waals surface area contributed by atoms with Crippen LogP contribution in [0.25, 0.3) is 0 Å². The van der Waals surface area contributed by atoms with Crippen molar-refractivity contribution in [1.29, 1.82) is 0 Å². The highest BCUT2D eigenvalue weighted by molar-refractivity contribution is 6.04. The molecule has 1 rings (SSSR count). The smallest absolute Gasteiger partial charge is 0.248 e. The van der Waals surface area contributed by atoms with Crippen molar-refractivity contribution in [2.45, 2.75) is 349 Å². The summed E-state index contributed by atoms with van der Waals surface area (Å²) < 4.78 is 0. The number of amides is 20. The number of aliphatic hydroxyl groups is 2. The van der Waals surface area contributed by atoms with Gasteiger partial charge >= 0.3 is 0 Å². The lowest BCUT2D eigenvalue weighted by atomic mass is 9.92. The summed E-state index contributed by atoms with van der Waals surface area (Å²) in [6.07, 6.45) is -1.07. The van der Waals surface area contributed by atoms with Crippen molar-refractivity contribution in [3.8, 4) is 0 Å². The zero-order valence-corrected chi connectivity index (χ0v) is 77.3. The summed E-state index contributed by atoms with van der Waals surface area (Å²) in [5.41, 5.74) is -3.22. The molecule has 23 N–H and O–H groups in total. The van der Waals surface area contributed by atoms with Gasteiger partial charge in [0.25, 0.3) is 0 Å². The van der Waals surface area contributed by atoms with Crippen LogP contribution >= 0.6 is 0 Å². The molecule has 124 heavy (non-hydrogen) atoms. The normalized spacial score (nSPS) is 16.2. The molecule has 0 radical (unpaired) electrons. The Hall–Kier alpha value is -10.7. The molecule has 11 atom stereocenters. The monoisotopic (exact) mass is 1760 g/mol. The highest BCUT2D eigenvalue weighted by atomic mass is 16.3. The number of carbonyl (C=O) groups is 20. The van der Waals surface area contributed by atoms with Gasteiger partial charge in [-0.05, 0) is 185 Å². The second-order valence-corrected chi connectivity index (χ2v) is 37.1. The van der Waals surface area contributed by atoms with Crippen molar-refractivity contribution in [3.63, 3.8) is 0 Å². The van der Waals surface area contributed by atoms with Crippen LogP contribution in [-0.2, 0) is 95.9 Å². The molecule has 0 bridgehead atoms. The lowest BCUT2D eigenvalue weighted by molar-refractivity contribution is -0.145. The summed E-state index contributed by atoms with van der Waals surface area (Å²) in [5.74, 6) is -17.6. The first-order valence-corrected chi connectivity index (χ1v) is 42.0. The number of hydrogen-bond donors (Lipinski definition) is 21. The second-order valence-electron chi connectivity index (χ2n) is 37.1. The van der Waals surface area contributed by atoms with Crippen LogP contribution < -0.4 is 102 Å². The van der Waals surface area contributed by atoms with E-state index in [1.54, 1.807) is 55.4 Å². The number of nitrogens with two attached hydrogens (primary N) is 2. The number of primary amides is 2. The van der Waals surface area contributed by atoms with Gasteiger partial charge in [-0.15, -0.1) is 0 Å². The van der Waals surface area contributed by atoms with Crippen molar-refractivity contribution in [1.82, 2.24) is 95.3 Å². The van der Waals surface area contributed by atoms with Crippen molar-refractivity contribution < 1.29 is 106 Å². The summed E-state index contributed by atoms with van der Waals surface area (Å²) in [5, 5.41) is 63.2.